The van der Waals surface area contributed by atoms with Gasteiger partial charge in [0.2, 0.25) is 0 Å². The van der Waals surface area contributed by atoms with Gasteiger partial charge in [0.25, 0.3) is 0 Å². The molecule has 2 heterocycles. The fraction of sp³-hybridized carbons (Fsp3) is 0.550. The minimum atomic E-state index is -0.557. The van der Waals surface area contributed by atoms with Gasteiger partial charge >= 0.3 is 6.09 Å². The third kappa shape index (κ3) is 4.57. The topological polar surface area (TPSA) is 78.2 Å². The zero-order valence-electron chi connectivity index (χ0n) is 17.1. The number of fused-ring (bicyclic) bond motifs is 1. The third-order valence-electron chi connectivity index (χ3n) is 4.87. The number of halogens is 2. The van der Waals surface area contributed by atoms with Crippen LogP contribution in [0.4, 0.5) is 14.9 Å². The van der Waals surface area contributed by atoms with Crippen molar-refractivity contribution in [3.8, 4) is 6.07 Å². The second-order valence-electron chi connectivity index (χ2n) is 8.90. The van der Waals surface area contributed by atoms with Crippen LogP contribution in [0.5, 0.6) is 0 Å². The Hall–Kier alpha value is -2.11. The maximum atomic E-state index is 14.8. The molecule has 0 saturated carbocycles. The smallest absolute Gasteiger partial charge is 0.410 e. The van der Waals surface area contributed by atoms with Crippen molar-refractivity contribution in [2.24, 2.45) is 5.41 Å². The van der Waals surface area contributed by atoms with Crippen LogP contribution in [0.2, 0.25) is 5.02 Å². The van der Waals surface area contributed by atoms with Gasteiger partial charge < -0.3 is 15.0 Å². The molecule has 1 aliphatic rings. The predicted octanol–water partition coefficient (Wildman–Crippen LogP) is 5.41. The normalized spacial score (nSPS) is 19.1. The van der Waals surface area contributed by atoms with Crippen LogP contribution in [-0.2, 0) is 4.74 Å². The molecule has 1 saturated heterocycles. The summed E-state index contributed by atoms with van der Waals surface area (Å²) in [5.74, 6) is -0.485. The molecule has 156 valence electrons. The summed E-state index contributed by atoms with van der Waals surface area (Å²) < 4.78 is 20.8. The van der Waals surface area contributed by atoms with Crippen LogP contribution in [0.15, 0.2) is 6.07 Å². The summed E-state index contributed by atoms with van der Waals surface area (Å²) in [7, 11) is 0. The van der Waals surface area contributed by atoms with Crippen molar-refractivity contribution in [2.45, 2.75) is 52.7 Å². The van der Waals surface area contributed by atoms with E-state index in [0.29, 0.717) is 29.7 Å². The Bertz CT molecular complexity index is 993. The van der Waals surface area contributed by atoms with E-state index >= 15 is 0 Å². The van der Waals surface area contributed by atoms with Crippen molar-refractivity contribution in [3.05, 3.63) is 21.9 Å². The lowest BCUT2D eigenvalue weighted by Crippen LogP contribution is -2.54. The molecule has 1 fully saturated rings. The Kier molecular flexibility index (Phi) is 5.67. The highest BCUT2D eigenvalue weighted by atomic mass is 35.5. The molecule has 0 spiro atoms. The number of likely N-dealkylation sites (tertiary alicyclic amines) is 1. The SMILES string of the molecule is CC(C)(C)OC(=O)N1CCC(Nc2c(F)cc3sc(C#N)nc3c2Cl)C(C)(C)C1. The molecule has 1 amide bonds. The number of hydrogen-bond donors (Lipinski definition) is 1. The number of anilines is 1. The zero-order chi connectivity index (χ0) is 21.6. The maximum absolute atomic E-state index is 14.8. The lowest BCUT2D eigenvalue weighted by atomic mass is 9.79. The van der Waals surface area contributed by atoms with Gasteiger partial charge in [0.15, 0.2) is 5.01 Å². The molecular weight excluding hydrogens is 415 g/mol. The first kappa shape index (κ1) is 21.6. The summed E-state index contributed by atoms with van der Waals surface area (Å²) in [5, 5.41) is 12.7. The largest absolute Gasteiger partial charge is 0.444 e. The fourth-order valence-electron chi connectivity index (χ4n) is 3.46. The third-order valence-corrected chi connectivity index (χ3v) is 6.15. The molecule has 1 aromatic heterocycles. The number of nitrogens with one attached hydrogen (secondary N) is 1. The van der Waals surface area contributed by atoms with E-state index in [0.717, 1.165) is 11.3 Å². The minimum Gasteiger partial charge on any atom is -0.444 e. The number of amides is 1. The number of rotatable bonds is 2. The lowest BCUT2D eigenvalue weighted by Gasteiger charge is -2.45. The second kappa shape index (κ2) is 7.62. The highest BCUT2D eigenvalue weighted by Crippen LogP contribution is 2.39. The molecule has 3 rings (SSSR count). The zero-order valence-corrected chi connectivity index (χ0v) is 18.7. The number of carbonyl (C=O) groups is 1. The van der Waals surface area contributed by atoms with E-state index in [9.17, 15) is 9.18 Å². The Labute approximate surface area is 178 Å². The molecule has 1 aliphatic heterocycles. The van der Waals surface area contributed by atoms with Gasteiger partial charge in [-0.3, -0.25) is 0 Å². The molecule has 1 atom stereocenters. The van der Waals surface area contributed by atoms with Crippen molar-refractivity contribution in [3.63, 3.8) is 0 Å². The highest BCUT2D eigenvalue weighted by molar-refractivity contribution is 7.19. The molecule has 0 radical (unpaired) electrons. The standard InChI is InChI=1S/C20H24ClFN4O2S/c1-19(2,3)28-18(27)26-7-6-13(20(4,5)10-26)24-16-11(22)8-12-17(15(16)21)25-14(9-23)29-12/h8,13,24H,6-7,10H2,1-5H3. The van der Waals surface area contributed by atoms with E-state index < -0.39 is 11.4 Å². The van der Waals surface area contributed by atoms with Crippen LogP contribution in [-0.4, -0.2) is 40.7 Å². The summed E-state index contributed by atoms with van der Waals surface area (Å²) in [6.07, 6.45) is 0.266. The van der Waals surface area contributed by atoms with Crippen LogP contribution in [0.1, 0.15) is 46.0 Å². The van der Waals surface area contributed by atoms with Gasteiger partial charge in [-0.1, -0.05) is 25.4 Å². The molecule has 0 aliphatic carbocycles. The maximum Gasteiger partial charge on any atom is 0.410 e. The van der Waals surface area contributed by atoms with Crippen LogP contribution in [0.3, 0.4) is 0 Å². The van der Waals surface area contributed by atoms with E-state index in [2.05, 4.69) is 10.3 Å². The van der Waals surface area contributed by atoms with Crippen molar-refractivity contribution < 1.29 is 13.9 Å². The summed E-state index contributed by atoms with van der Waals surface area (Å²) in [6, 6.07) is 3.21. The number of nitrogens with zero attached hydrogens (tertiary/aromatic N) is 3. The van der Waals surface area contributed by atoms with Crippen LogP contribution < -0.4 is 5.32 Å². The number of thiazole rings is 1. The van der Waals surface area contributed by atoms with E-state index in [1.165, 1.54) is 6.07 Å². The Morgan fingerprint density at radius 3 is 2.79 bits per heavy atom. The quantitative estimate of drug-likeness (QED) is 0.678. The first-order valence-electron chi connectivity index (χ1n) is 9.34. The van der Waals surface area contributed by atoms with Gasteiger partial charge in [0.1, 0.15) is 23.0 Å². The molecule has 2 aromatic rings. The molecule has 0 bridgehead atoms. The minimum absolute atomic E-state index is 0.111. The first-order valence-corrected chi connectivity index (χ1v) is 10.5. The Morgan fingerprint density at radius 1 is 1.52 bits per heavy atom. The number of hydrogen-bond acceptors (Lipinski definition) is 6. The fourth-order valence-corrected chi connectivity index (χ4v) is 4.60. The van der Waals surface area contributed by atoms with Gasteiger partial charge in [-0.05, 0) is 33.3 Å². The predicted molar refractivity (Wildman–Crippen MR) is 113 cm³/mol. The monoisotopic (exact) mass is 438 g/mol. The molecule has 6 nitrogen and oxygen atoms in total. The van der Waals surface area contributed by atoms with Gasteiger partial charge in [-0.15, -0.1) is 11.3 Å². The van der Waals surface area contributed by atoms with Gasteiger partial charge in [0, 0.05) is 24.5 Å². The number of nitriles is 1. The lowest BCUT2D eigenvalue weighted by molar-refractivity contribution is 0.00689. The molecule has 1 aromatic carbocycles. The molecule has 1 N–H and O–H groups in total. The Balaban J connectivity index is 1.81. The number of aromatic nitrogens is 1. The van der Waals surface area contributed by atoms with E-state index in [1.807, 2.05) is 40.7 Å². The first-order chi connectivity index (χ1) is 13.4. The summed E-state index contributed by atoms with van der Waals surface area (Å²) in [4.78, 5) is 18.3. The number of piperidine rings is 1. The second-order valence-corrected chi connectivity index (χ2v) is 10.3. The highest BCUT2D eigenvalue weighted by Gasteiger charge is 2.39. The number of carbonyl (C=O) groups excluding carboxylic acids is 1. The van der Waals surface area contributed by atoms with Crippen LogP contribution >= 0.6 is 22.9 Å². The summed E-state index contributed by atoms with van der Waals surface area (Å²) in [6.45, 7) is 10.5. The van der Waals surface area contributed by atoms with Gasteiger partial charge in [-0.2, -0.15) is 5.26 Å². The Morgan fingerprint density at radius 2 is 2.21 bits per heavy atom. The molecular formula is C20H24ClFN4O2S. The van der Waals surface area contributed by atoms with Crippen molar-refractivity contribution >= 4 is 44.9 Å². The summed E-state index contributed by atoms with van der Waals surface area (Å²) in [5.41, 5.74) is -0.309. The van der Waals surface area contributed by atoms with Gasteiger partial charge in [-0.25, -0.2) is 14.2 Å². The number of ether oxygens (including phenoxy) is 1. The molecule has 29 heavy (non-hydrogen) atoms. The summed E-state index contributed by atoms with van der Waals surface area (Å²) >= 11 is 7.53. The van der Waals surface area contributed by atoms with Crippen molar-refractivity contribution in [1.82, 2.24) is 9.88 Å². The van der Waals surface area contributed by atoms with Crippen molar-refractivity contribution in [2.75, 3.05) is 18.4 Å². The van der Waals surface area contributed by atoms with E-state index in [4.69, 9.17) is 21.6 Å². The van der Waals surface area contributed by atoms with Gasteiger partial charge in [0.05, 0.1) is 15.4 Å². The molecule has 9 heteroatoms. The average Bonchev–Trinajstić information content (AvgIpc) is 3.01. The van der Waals surface area contributed by atoms with Crippen LogP contribution in [0.25, 0.3) is 10.2 Å². The molecule has 1 unspecified atom stereocenters. The van der Waals surface area contributed by atoms with Crippen LogP contribution in [0, 0.1) is 22.6 Å². The van der Waals surface area contributed by atoms with Crippen molar-refractivity contribution in [1.29, 1.82) is 5.26 Å². The number of benzene rings is 1. The van der Waals surface area contributed by atoms with E-state index in [-0.39, 0.29) is 33.3 Å². The average molecular weight is 439 g/mol. The van der Waals surface area contributed by atoms with E-state index in [1.54, 1.807) is 4.90 Å².